The van der Waals surface area contributed by atoms with Gasteiger partial charge in [-0.25, -0.2) is 8.42 Å². The first kappa shape index (κ1) is 21.3. The van der Waals surface area contributed by atoms with E-state index < -0.39 is 15.9 Å². The number of nitrogens with zero attached hydrogens (tertiary/aromatic N) is 4. The van der Waals surface area contributed by atoms with Crippen molar-refractivity contribution in [3.05, 3.63) is 90.8 Å². The number of amides is 1. The molecule has 0 spiro atoms. The average Bonchev–Trinajstić information content (AvgIpc) is 3.25. The molecule has 0 saturated heterocycles. The Kier molecular flexibility index (Phi) is 5.74. The number of aryl methyl sites for hydroxylation is 1. The van der Waals surface area contributed by atoms with Crippen LogP contribution in [0.2, 0.25) is 0 Å². The predicted molar refractivity (Wildman–Crippen MR) is 123 cm³/mol. The molecule has 1 amide bonds. The van der Waals surface area contributed by atoms with Gasteiger partial charge in [0.2, 0.25) is 0 Å². The van der Waals surface area contributed by atoms with Gasteiger partial charge < -0.3 is 9.88 Å². The molecule has 1 N–H and O–H groups in total. The third kappa shape index (κ3) is 4.10. The van der Waals surface area contributed by atoms with Crippen LogP contribution >= 0.6 is 0 Å². The molecule has 0 fully saturated rings. The number of carbonyl (C=O) groups is 1. The van der Waals surface area contributed by atoms with Crippen molar-refractivity contribution in [2.24, 2.45) is 7.05 Å². The number of para-hydroxylation sites is 1. The van der Waals surface area contributed by atoms with Crippen molar-refractivity contribution in [1.82, 2.24) is 14.8 Å². The van der Waals surface area contributed by atoms with Crippen LogP contribution in [-0.4, -0.2) is 36.1 Å². The lowest BCUT2D eigenvalue weighted by Crippen LogP contribution is -2.28. The van der Waals surface area contributed by atoms with Gasteiger partial charge in [-0.15, -0.1) is 10.2 Å². The molecule has 4 rings (SSSR count). The molecule has 162 valence electrons. The zero-order chi connectivity index (χ0) is 22.7. The van der Waals surface area contributed by atoms with Crippen molar-refractivity contribution in [2.45, 2.75) is 4.90 Å². The van der Waals surface area contributed by atoms with Crippen LogP contribution in [-0.2, 0) is 17.1 Å². The maximum absolute atomic E-state index is 13.3. The topological polar surface area (TPSA) is 97.2 Å². The first-order valence-corrected chi connectivity index (χ1v) is 11.2. The number of anilines is 2. The van der Waals surface area contributed by atoms with Crippen LogP contribution in [0.25, 0.3) is 11.4 Å². The number of hydrogen-bond donors (Lipinski definition) is 1. The molecule has 0 bridgehead atoms. The molecule has 3 aromatic carbocycles. The second-order valence-electron chi connectivity index (χ2n) is 7.10. The molecule has 4 aromatic rings. The summed E-state index contributed by atoms with van der Waals surface area (Å²) in [6.45, 7) is 0. The van der Waals surface area contributed by atoms with E-state index in [4.69, 9.17) is 0 Å². The number of sulfonamides is 1. The Morgan fingerprint density at radius 1 is 0.969 bits per heavy atom. The zero-order valence-corrected chi connectivity index (χ0v) is 18.3. The molecule has 0 aliphatic rings. The average molecular weight is 448 g/mol. The molecule has 0 aliphatic carbocycles. The van der Waals surface area contributed by atoms with Crippen LogP contribution in [0.15, 0.2) is 90.1 Å². The van der Waals surface area contributed by atoms with Crippen molar-refractivity contribution in [1.29, 1.82) is 0 Å². The van der Waals surface area contributed by atoms with E-state index in [1.54, 1.807) is 71.6 Å². The normalized spacial score (nSPS) is 11.2. The summed E-state index contributed by atoms with van der Waals surface area (Å²) in [5.74, 6) is 0.120. The van der Waals surface area contributed by atoms with E-state index >= 15 is 0 Å². The summed E-state index contributed by atoms with van der Waals surface area (Å²) in [5, 5.41) is 10.7. The third-order valence-corrected chi connectivity index (χ3v) is 6.82. The van der Waals surface area contributed by atoms with Gasteiger partial charge in [0.25, 0.3) is 15.9 Å². The van der Waals surface area contributed by atoms with Crippen molar-refractivity contribution >= 4 is 27.3 Å². The maximum Gasteiger partial charge on any atom is 0.264 e. The summed E-state index contributed by atoms with van der Waals surface area (Å²) in [6, 6.07) is 22.0. The number of benzene rings is 3. The van der Waals surface area contributed by atoms with E-state index in [2.05, 4.69) is 15.5 Å². The van der Waals surface area contributed by atoms with Crippen molar-refractivity contribution in [3.63, 3.8) is 0 Å². The van der Waals surface area contributed by atoms with E-state index in [1.807, 2.05) is 13.1 Å². The maximum atomic E-state index is 13.3. The van der Waals surface area contributed by atoms with E-state index in [1.165, 1.54) is 19.2 Å². The summed E-state index contributed by atoms with van der Waals surface area (Å²) in [5.41, 5.74) is 1.84. The number of rotatable bonds is 6. The smallest absolute Gasteiger partial charge is 0.264 e. The minimum absolute atomic E-state index is 0.0549. The molecule has 1 aromatic heterocycles. The first-order valence-electron chi connectivity index (χ1n) is 9.77. The van der Waals surface area contributed by atoms with Crippen LogP contribution < -0.4 is 9.62 Å². The molecule has 0 saturated carbocycles. The van der Waals surface area contributed by atoms with E-state index in [0.717, 1.165) is 9.87 Å². The summed E-state index contributed by atoms with van der Waals surface area (Å²) in [4.78, 5) is 13.0. The molecular formula is C23H21N5O3S. The van der Waals surface area contributed by atoms with Gasteiger partial charge in [0.1, 0.15) is 11.2 Å². The lowest BCUT2D eigenvalue weighted by molar-refractivity contribution is 0.102. The van der Waals surface area contributed by atoms with E-state index in [9.17, 15) is 13.2 Å². The Balaban J connectivity index is 1.65. The molecular weight excluding hydrogens is 426 g/mol. The first-order chi connectivity index (χ1) is 15.4. The zero-order valence-electron chi connectivity index (χ0n) is 17.5. The van der Waals surface area contributed by atoms with Crippen molar-refractivity contribution in [2.75, 3.05) is 16.7 Å². The Morgan fingerprint density at radius 2 is 1.69 bits per heavy atom. The molecule has 9 heteroatoms. The van der Waals surface area contributed by atoms with Crippen LogP contribution in [0, 0.1) is 0 Å². The molecule has 0 unspecified atom stereocenters. The second-order valence-corrected chi connectivity index (χ2v) is 9.04. The SMILES string of the molecule is CN(c1ccccc1)S(=O)(=O)c1ccccc1C(=O)Nc1cccc(-c2nncn2C)c1. The molecule has 32 heavy (non-hydrogen) atoms. The fourth-order valence-electron chi connectivity index (χ4n) is 3.28. The lowest BCUT2D eigenvalue weighted by Gasteiger charge is -2.21. The Bertz CT molecular complexity index is 1370. The minimum atomic E-state index is -3.96. The van der Waals surface area contributed by atoms with Gasteiger partial charge >= 0.3 is 0 Å². The van der Waals surface area contributed by atoms with Gasteiger partial charge in [-0.1, -0.05) is 42.5 Å². The summed E-state index contributed by atoms with van der Waals surface area (Å²) >= 11 is 0. The largest absolute Gasteiger partial charge is 0.322 e. The Hall–Kier alpha value is -3.98. The van der Waals surface area contributed by atoms with Gasteiger partial charge in [0, 0.05) is 25.3 Å². The van der Waals surface area contributed by atoms with Gasteiger partial charge in [0.15, 0.2) is 5.82 Å². The van der Waals surface area contributed by atoms with Gasteiger partial charge in [-0.2, -0.15) is 0 Å². The summed E-state index contributed by atoms with van der Waals surface area (Å²) in [6.07, 6.45) is 1.59. The van der Waals surface area contributed by atoms with Crippen LogP contribution in [0.3, 0.4) is 0 Å². The number of nitrogens with one attached hydrogen (secondary N) is 1. The fourth-order valence-corrected chi connectivity index (χ4v) is 4.67. The van der Waals surface area contributed by atoms with Crippen molar-refractivity contribution < 1.29 is 13.2 Å². The van der Waals surface area contributed by atoms with Crippen molar-refractivity contribution in [3.8, 4) is 11.4 Å². The lowest BCUT2D eigenvalue weighted by atomic mass is 10.1. The molecule has 0 radical (unpaired) electrons. The quantitative estimate of drug-likeness (QED) is 0.487. The van der Waals surface area contributed by atoms with Gasteiger partial charge in [-0.3, -0.25) is 9.10 Å². The Labute approximate surface area is 186 Å². The number of aromatic nitrogens is 3. The van der Waals surface area contributed by atoms with Crippen LogP contribution in [0.4, 0.5) is 11.4 Å². The van der Waals surface area contributed by atoms with Crippen LogP contribution in [0.5, 0.6) is 0 Å². The second kappa shape index (κ2) is 8.64. The molecule has 8 nitrogen and oxygen atoms in total. The van der Waals surface area contributed by atoms with E-state index in [-0.39, 0.29) is 10.5 Å². The third-order valence-electron chi connectivity index (χ3n) is 4.98. The monoisotopic (exact) mass is 447 g/mol. The molecule has 0 aliphatic heterocycles. The highest BCUT2D eigenvalue weighted by Crippen LogP contribution is 2.26. The minimum Gasteiger partial charge on any atom is -0.322 e. The summed E-state index contributed by atoms with van der Waals surface area (Å²) in [7, 11) is -0.672. The number of carbonyl (C=O) groups excluding carboxylic acids is 1. The highest BCUT2D eigenvalue weighted by Gasteiger charge is 2.26. The Morgan fingerprint density at radius 3 is 2.41 bits per heavy atom. The highest BCUT2D eigenvalue weighted by molar-refractivity contribution is 7.92. The fraction of sp³-hybridized carbons (Fsp3) is 0.0870. The van der Waals surface area contributed by atoms with Crippen LogP contribution in [0.1, 0.15) is 10.4 Å². The van der Waals surface area contributed by atoms with E-state index in [0.29, 0.717) is 17.2 Å². The summed E-state index contributed by atoms with van der Waals surface area (Å²) < 4.78 is 29.5. The van der Waals surface area contributed by atoms with Gasteiger partial charge in [0.05, 0.1) is 11.3 Å². The molecule has 0 atom stereocenters. The number of hydrogen-bond acceptors (Lipinski definition) is 5. The highest BCUT2D eigenvalue weighted by atomic mass is 32.2. The molecule has 1 heterocycles. The van der Waals surface area contributed by atoms with Gasteiger partial charge in [-0.05, 0) is 36.4 Å². The standard InChI is InChI=1S/C23H21N5O3S/c1-27-16-24-26-22(27)17-9-8-10-18(15-17)25-23(29)20-13-6-7-14-21(20)32(30,31)28(2)19-11-4-3-5-12-19/h3-16H,1-2H3,(H,25,29). The predicted octanol–water partition coefficient (Wildman–Crippen LogP) is 3.56.